The molecule has 0 saturated heterocycles. The van der Waals surface area contributed by atoms with Crippen LogP contribution in [0.15, 0.2) is 59.5 Å². The Balaban J connectivity index is 1.99. The number of anilines is 1. The molecule has 7 heteroatoms. The summed E-state index contributed by atoms with van der Waals surface area (Å²) in [5, 5.41) is 2.87. The van der Waals surface area contributed by atoms with Gasteiger partial charge in [-0.1, -0.05) is 42.8 Å². The van der Waals surface area contributed by atoms with Crippen LogP contribution in [0.3, 0.4) is 0 Å². The largest absolute Gasteiger partial charge is 0.353 e. The molecule has 0 radical (unpaired) electrons. The molecule has 5 nitrogen and oxygen atoms in total. The Hall–Kier alpha value is -1.99. The van der Waals surface area contributed by atoms with E-state index < -0.39 is 16.1 Å². The van der Waals surface area contributed by atoms with Crippen molar-refractivity contribution in [1.82, 2.24) is 5.32 Å². The van der Waals surface area contributed by atoms with Crippen LogP contribution in [-0.2, 0) is 14.8 Å². The number of hydrogen-bond acceptors (Lipinski definition) is 4. The van der Waals surface area contributed by atoms with Gasteiger partial charge in [-0.3, -0.25) is 9.10 Å². The van der Waals surface area contributed by atoms with E-state index in [0.29, 0.717) is 18.7 Å². The van der Waals surface area contributed by atoms with Crippen molar-refractivity contribution < 1.29 is 13.2 Å². The lowest BCUT2D eigenvalue weighted by Gasteiger charge is -2.30. The molecule has 27 heavy (non-hydrogen) atoms. The first-order chi connectivity index (χ1) is 12.8. The number of nitrogens with zero attached hydrogens (tertiary/aromatic N) is 1. The minimum atomic E-state index is -3.58. The number of amides is 1. The van der Waals surface area contributed by atoms with Crippen LogP contribution < -0.4 is 9.62 Å². The van der Waals surface area contributed by atoms with Crippen LogP contribution in [0.1, 0.15) is 18.9 Å². The summed E-state index contributed by atoms with van der Waals surface area (Å²) in [6.45, 7) is 4.33. The van der Waals surface area contributed by atoms with E-state index in [1.54, 1.807) is 36.0 Å². The molecule has 0 aliphatic rings. The quantitative estimate of drug-likeness (QED) is 0.512. The standard InChI is InChI=1S/C20H26N2O3S2/c1-4-19(22(27(3,24)25)17-8-6-5-7-9-17)20(23)21-14-15-26-18-12-10-16(2)11-13-18/h5-13,19H,4,14-15H2,1-3H3,(H,21,23)/t19-/m0/s1. The minimum absolute atomic E-state index is 0.281. The minimum Gasteiger partial charge on any atom is -0.353 e. The number of thioether (sulfide) groups is 1. The zero-order chi connectivity index (χ0) is 19.9. The third-order valence-electron chi connectivity index (χ3n) is 4.03. The van der Waals surface area contributed by atoms with Gasteiger partial charge in [-0.15, -0.1) is 11.8 Å². The van der Waals surface area contributed by atoms with Crippen LogP contribution in [0, 0.1) is 6.92 Å². The van der Waals surface area contributed by atoms with Gasteiger partial charge in [0.2, 0.25) is 15.9 Å². The highest BCUT2D eigenvalue weighted by Crippen LogP contribution is 2.22. The maximum Gasteiger partial charge on any atom is 0.243 e. The molecule has 0 spiro atoms. The van der Waals surface area contributed by atoms with Crippen molar-refractivity contribution in [2.75, 3.05) is 22.9 Å². The van der Waals surface area contributed by atoms with E-state index in [0.717, 1.165) is 16.9 Å². The summed E-state index contributed by atoms with van der Waals surface area (Å²) in [5.41, 5.74) is 1.70. The summed E-state index contributed by atoms with van der Waals surface area (Å²) >= 11 is 1.65. The van der Waals surface area contributed by atoms with Crippen molar-refractivity contribution in [2.45, 2.75) is 31.2 Å². The number of rotatable bonds is 9. The van der Waals surface area contributed by atoms with E-state index in [1.165, 1.54) is 9.87 Å². The Morgan fingerprint density at radius 1 is 1.11 bits per heavy atom. The fourth-order valence-electron chi connectivity index (χ4n) is 2.73. The highest BCUT2D eigenvalue weighted by atomic mass is 32.2. The molecule has 1 atom stereocenters. The van der Waals surface area contributed by atoms with Crippen molar-refractivity contribution in [2.24, 2.45) is 0 Å². The molecule has 0 aromatic heterocycles. The first-order valence-electron chi connectivity index (χ1n) is 8.84. The van der Waals surface area contributed by atoms with E-state index in [1.807, 2.05) is 19.9 Å². The first kappa shape index (κ1) is 21.3. The second-order valence-electron chi connectivity index (χ2n) is 6.27. The summed E-state index contributed by atoms with van der Waals surface area (Å²) in [6, 6.07) is 16.2. The Kier molecular flexibility index (Phi) is 7.74. The van der Waals surface area contributed by atoms with E-state index in [-0.39, 0.29) is 5.91 Å². The molecular weight excluding hydrogens is 380 g/mol. The van der Waals surface area contributed by atoms with Crippen molar-refractivity contribution in [3.63, 3.8) is 0 Å². The van der Waals surface area contributed by atoms with Crippen LogP contribution in [0.25, 0.3) is 0 Å². The lowest BCUT2D eigenvalue weighted by atomic mass is 10.2. The second kappa shape index (κ2) is 9.80. The monoisotopic (exact) mass is 406 g/mol. The fraction of sp³-hybridized carbons (Fsp3) is 0.350. The van der Waals surface area contributed by atoms with Crippen molar-refractivity contribution in [3.8, 4) is 0 Å². The number of aryl methyl sites for hydroxylation is 1. The number of carbonyl (C=O) groups is 1. The lowest BCUT2D eigenvalue weighted by molar-refractivity contribution is -0.122. The summed E-state index contributed by atoms with van der Waals surface area (Å²) in [5.74, 6) is 0.436. The van der Waals surface area contributed by atoms with Crippen LogP contribution in [0.2, 0.25) is 0 Å². The second-order valence-corrected chi connectivity index (χ2v) is 9.30. The first-order valence-corrected chi connectivity index (χ1v) is 11.7. The number of para-hydroxylation sites is 1. The predicted molar refractivity (Wildman–Crippen MR) is 113 cm³/mol. The van der Waals surface area contributed by atoms with Gasteiger partial charge in [0, 0.05) is 17.2 Å². The van der Waals surface area contributed by atoms with E-state index in [2.05, 4.69) is 29.6 Å². The molecule has 2 aromatic carbocycles. The molecule has 0 aliphatic heterocycles. The summed E-state index contributed by atoms with van der Waals surface area (Å²) in [7, 11) is -3.58. The highest BCUT2D eigenvalue weighted by Gasteiger charge is 2.31. The van der Waals surface area contributed by atoms with Crippen LogP contribution in [0.4, 0.5) is 5.69 Å². The molecule has 0 unspecified atom stereocenters. The summed E-state index contributed by atoms with van der Waals surface area (Å²) in [6.07, 6.45) is 1.52. The molecule has 1 amide bonds. The predicted octanol–water partition coefficient (Wildman–Crippen LogP) is 3.45. The molecular formula is C20H26N2O3S2. The van der Waals surface area contributed by atoms with Crippen LogP contribution >= 0.6 is 11.8 Å². The van der Waals surface area contributed by atoms with Crippen molar-refractivity contribution in [1.29, 1.82) is 0 Å². The average Bonchev–Trinajstić information content (AvgIpc) is 2.64. The molecule has 0 heterocycles. The molecule has 0 aliphatic carbocycles. The SMILES string of the molecule is CC[C@@H](C(=O)NCCSc1ccc(C)cc1)N(c1ccccc1)S(C)(=O)=O. The summed E-state index contributed by atoms with van der Waals surface area (Å²) < 4.78 is 25.8. The van der Waals surface area contributed by atoms with E-state index in [4.69, 9.17) is 0 Å². The Morgan fingerprint density at radius 3 is 2.30 bits per heavy atom. The molecule has 0 bridgehead atoms. The van der Waals surface area contributed by atoms with Crippen molar-refractivity contribution >= 4 is 33.4 Å². The maximum absolute atomic E-state index is 12.7. The van der Waals surface area contributed by atoms with Crippen molar-refractivity contribution in [3.05, 3.63) is 60.2 Å². The normalized spacial score (nSPS) is 12.4. The van der Waals surface area contributed by atoms with Gasteiger partial charge in [0.1, 0.15) is 6.04 Å². The molecule has 2 aromatic rings. The number of benzene rings is 2. The van der Waals surface area contributed by atoms with Gasteiger partial charge in [0.05, 0.1) is 11.9 Å². The van der Waals surface area contributed by atoms with E-state index in [9.17, 15) is 13.2 Å². The lowest BCUT2D eigenvalue weighted by Crippen LogP contribution is -2.49. The average molecular weight is 407 g/mol. The topological polar surface area (TPSA) is 66.5 Å². The zero-order valence-corrected chi connectivity index (χ0v) is 17.5. The third kappa shape index (κ3) is 6.29. The third-order valence-corrected chi connectivity index (χ3v) is 6.23. The van der Waals surface area contributed by atoms with Gasteiger partial charge >= 0.3 is 0 Å². The Morgan fingerprint density at radius 2 is 1.74 bits per heavy atom. The van der Waals surface area contributed by atoms with Gasteiger partial charge in [0.25, 0.3) is 0 Å². The number of nitrogens with one attached hydrogen (secondary N) is 1. The van der Waals surface area contributed by atoms with Gasteiger partial charge in [-0.05, 0) is 37.6 Å². The molecule has 2 rings (SSSR count). The van der Waals surface area contributed by atoms with Crippen LogP contribution in [0.5, 0.6) is 0 Å². The Labute approximate surface area is 166 Å². The zero-order valence-electron chi connectivity index (χ0n) is 15.9. The van der Waals surface area contributed by atoms with Gasteiger partial charge in [-0.2, -0.15) is 0 Å². The fourth-order valence-corrected chi connectivity index (χ4v) is 4.71. The number of sulfonamides is 1. The summed E-state index contributed by atoms with van der Waals surface area (Å²) in [4.78, 5) is 13.8. The number of carbonyl (C=O) groups excluding carboxylic acids is 1. The van der Waals surface area contributed by atoms with E-state index >= 15 is 0 Å². The number of hydrogen-bond donors (Lipinski definition) is 1. The molecule has 146 valence electrons. The van der Waals surface area contributed by atoms with Gasteiger partial charge in [-0.25, -0.2) is 8.42 Å². The molecule has 1 N–H and O–H groups in total. The molecule has 0 saturated carbocycles. The highest BCUT2D eigenvalue weighted by molar-refractivity contribution is 7.99. The Bertz CT molecular complexity index is 837. The maximum atomic E-state index is 12.7. The van der Waals surface area contributed by atoms with Gasteiger partial charge < -0.3 is 5.32 Å². The smallest absolute Gasteiger partial charge is 0.243 e. The van der Waals surface area contributed by atoms with Gasteiger partial charge in [0.15, 0.2) is 0 Å². The van der Waals surface area contributed by atoms with Crippen LogP contribution in [-0.4, -0.2) is 38.9 Å². The molecule has 0 fully saturated rings.